The highest BCUT2D eigenvalue weighted by Gasteiger charge is 2.28. The molecule has 1 saturated carbocycles. The molecular formula is C13H17N3O. The number of nitriles is 1. The third-order valence-corrected chi connectivity index (χ3v) is 3.34. The van der Waals surface area contributed by atoms with E-state index in [9.17, 15) is 0 Å². The van der Waals surface area contributed by atoms with Gasteiger partial charge in [0.2, 0.25) is 5.69 Å². The van der Waals surface area contributed by atoms with Crippen LogP contribution < -0.4 is 4.74 Å². The van der Waals surface area contributed by atoms with Gasteiger partial charge in [-0.25, -0.2) is 9.97 Å². The molecule has 0 spiro atoms. The predicted molar refractivity (Wildman–Crippen MR) is 63.4 cm³/mol. The van der Waals surface area contributed by atoms with Gasteiger partial charge in [0.15, 0.2) is 0 Å². The van der Waals surface area contributed by atoms with Crippen LogP contribution in [0.5, 0.6) is 5.88 Å². The van der Waals surface area contributed by atoms with E-state index in [4.69, 9.17) is 10.00 Å². The molecule has 0 bridgehead atoms. The summed E-state index contributed by atoms with van der Waals surface area (Å²) >= 11 is 0. The number of aromatic nitrogens is 2. The Morgan fingerprint density at radius 1 is 1.29 bits per heavy atom. The number of rotatable bonds is 2. The van der Waals surface area contributed by atoms with Gasteiger partial charge in [-0.15, -0.1) is 0 Å². The maximum absolute atomic E-state index is 8.90. The van der Waals surface area contributed by atoms with E-state index in [0.717, 1.165) is 25.7 Å². The van der Waals surface area contributed by atoms with Crippen molar-refractivity contribution < 1.29 is 4.74 Å². The second-order valence-corrected chi connectivity index (χ2v) is 5.30. The van der Waals surface area contributed by atoms with E-state index in [2.05, 4.69) is 23.8 Å². The lowest BCUT2D eigenvalue weighted by Crippen LogP contribution is -2.28. The molecule has 0 N–H and O–H groups in total. The molecule has 4 nitrogen and oxygen atoms in total. The Labute approximate surface area is 102 Å². The Morgan fingerprint density at radius 3 is 2.59 bits per heavy atom. The van der Waals surface area contributed by atoms with Gasteiger partial charge in [-0.2, -0.15) is 5.26 Å². The lowest BCUT2D eigenvalue weighted by atomic mass is 9.76. The smallest absolute Gasteiger partial charge is 0.251 e. The Hall–Kier alpha value is -1.63. The molecule has 1 aliphatic carbocycles. The summed E-state index contributed by atoms with van der Waals surface area (Å²) in [5.74, 6) is 0.375. The first kappa shape index (κ1) is 11.8. The first-order valence-corrected chi connectivity index (χ1v) is 5.98. The number of hydrogen-bond acceptors (Lipinski definition) is 4. The second-order valence-electron chi connectivity index (χ2n) is 5.30. The minimum Gasteiger partial charge on any atom is -0.472 e. The summed E-state index contributed by atoms with van der Waals surface area (Å²) in [7, 11) is 0. The summed E-state index contributed by atoms with van der Waals surface area (Å²) < 4.78 is 5.77. The average molecular weight is 231 g/mol. The summed E-state index contributed by atoms with van der Waals surface area (Å²) in [6, 6.07) is 2.00. The first-order chi connectivity index (χ1) is 8.11. The highest BCUT2D eigenvalue weighted by atomic mass is 16.5. The van der Waals surface area contributed by atoms with Crippen molar-refractivity contribution in [3.05, 3.63) is 18.1 Å². The van der Waals surface area contributed by atoms with E-state index < -0.39 is 0 Å². The fourth-order valence-electron chi connectivity index (χ4n) is 2.14. The molecule has 1 aromatic heterocycles. The summed E-state index contributed by atoms with van der Waals surface area (Å²) in [6.45, 7) is 4.57. The van der Waals surface area contributed by atoms with Crippen LogP contribution in [0.3, 0.4) is 0 Å². The molecule has 0 saturated heterocycles. The quantitative estimate of drug-likeness (QED) is 0.785. The van der Waals surface area contributed by atoms with Gasteiger partial charge in [0.05, 0.1) is 0 Å². The molecule has 0 aliphatic heterocycles. The van der Waals surface area contributed by atoms with Crippen LogP contribution in [0.25, 0.3) is 0 Å². The highest BCUT2D eigenvalue weighted by Crippen LogP contribution is 2.36. The molecule has 1 aliphatic rings. The highest BCUT2D eigenvalue weighted by molar-refractivity contribution is 5.30. The van der Waals surface area contributed by atoms with Crippen molar-refractivity contribution >= 4 is 0 Å². The van der Waals surface area contributed by atoms with Crippen molar-refractivity contribution in [2.45, 2.75) is 45.6 Å². The van der Waals surface area contributed by atoms with Crippen molar-refractivity contribution in [3.63, 3.8) is 0 Å². The second kappa shape index (κ2) is 4.70. The van der Waals surface area contributed by atoms with Crippen LogP contribution >= 0.6 is 0 Å². The maximum atomic E-state index is 8.90. The molecule has 0 atom stereocenters. The standard InChI is InChI=1S/C13H17N3O/c1-13(2)5-3-10(4-6-13)17-12-11(9-14)15-7-8-16-12/h7-8,10H,3-6H2,1-2H3. The van der Waals surface area contributed by atoms with Crippen LogP contribution in [-0.4, -0.2) is 16.1 Å². The van der Waals surface area contributed by atoms with Crippen LogP contribution in [-0.2, 0) is 0 Å². The summed E-state index contributed by atoms with van der Waals surface area (Å²) in [5.41, 5.74) is 0.692. The minimum absolute atomic E-state index is 0.173. The molecule has 0 radical (unpaired) electrons. The molecule has 2 rings (SSSR count). The zero-order chi connectivity index (χ0) is 12.3. The molecule has 1 aromatic rings. The van der Waals surface area contributed by atoms with E-state index in [1.807, 2.05) is 6.07 Å². The molecule has 1 fully saturated rings. The zero-order valence-electron chi connectivity index (χ0n) is 10.3. The van der Waals surface area contributed by atoms with Gasteiger partial charge >= 0.3 is 0 Å². The average Bonchev–Trinajstić information content (AvgIpc) is 2.32. The Balaban J connectivity index is 2.01. The number of nitrogens with zero attached hydrogens (tertiary/aromatic N) is 3. The summed E-state index contributed by atoms with van der Waals surface area (Å²) in [5, 5.41) is 8.90. The molecule has 17 heavy (non-hydrogen) atoms. The fourth-order valence-corrected chi connectivity index (χ4v) is 2.14. The normalized spacial score (nSPS) is 19.6. The number of ether oxygens (including phenoxy) is 1. The van der Waals surface area contributed by atoms with Crippen molar-refractivity contribution in [2.24, 2.45) is 5.41 Å². The van der Waals surface area contributed by atoms with E-state index in [0.29, 0.717) is 11.3 Å². The zero-order valence-corrected chi connectivity index (χ0v) is 10.3. The molecule has 4 heteroatoms. The summed E-state index contributed by atoms with van der Waals surface area (Å²) in [6.07, 6.45) is 7.59. The molecular weight excluding hydrogens is 214 g/mol. The SMILES string of the molecule is CC1(C)CCC(Oc2nccnc2C#N)CC1. The van der Waals surface area contributed by atoms with E-state index in [-0.39, 0.29) is 11.8 Å². The van der Waals surface area contributed by atoms with Gasteiger partial charge in [0, 0.05) is 12.4 Å². The molecule has 0 unspecified atom stereocenters. The minimum atomic E-state index is 0.173. The number of hydrogen-bond donors (Lipinski definition) is 0. The molecule has 0 amide bonds. The van der Waals surface area contributed by atoms with Crippen LogP contribution in [0.2, 0.25) is 0 Å². The van der Waals surface area contributed by atoms with Gasteiger partial charge in [0.1, 0.15) is 12.2 Å². The van der Waals surface area contributed by atoms with Crippen molar-refractivity contribution in [3.8, 4) is 11.9 Å². The van der Waals surface area contributed by atoms with Crippen LogP contribution in [0.4, 0.5) is 0 Å². The Morgan fingerprint density at radius 2 is 1.94 bits per heavy atom. The summed E-state index contributed by atoms with van der Waals surface area (Å²) in [4.78, 5) is 8.02. The maximum Gasteiger partial charge on any atom is 0.251 e. The monoisotopic (exact) mass is 231 g/mol. The molecule has 0 aromatic carbocycles. The fraction of sp³-hybridized carbons (Fsp3) is 0.615. The lowest BCUT2D eigenvalue weighted by Gasteiger charge is -2.34. The van der Waals surface area contributed by atoms with Gasteiger partial charge < -0.3 is 4.74 Å². The van der Waals surface area contributed by atoms with Crippen molar-refractivity contribution in [2.75, 3.05) is 0 Å². The Kier molecular flexibility index (Phi) is 3.28. The van der Waals surface area contributed by atoms with Gasteiger partial charge in [-0.3, -0.25) is 0 Å². The molecule has 1 heterocycles. The largest absolute Gasteiger partial charge is 0.472 e. The van der Waals surface area contributed by atoms with Crippen LogP contribution in [0.1, 0.15) is 45.2 Å². The van der Waals surface area contributed by atoms with E-state index in [1.54, 1.807) is 6.20 Å². The van der Waals surface area contributed by atoms with E-state index >= 15 is 0 Å². The van der Waals surface area contributed by atoms with Gasteiger partial charge in [-0.1, -0.05) is 13.8 Å². The lowest BCUT2D eigenvalue weighted by molar-refractivity contribution is 0.0942. The Bertz CT molecular complexity index is 427. The third kappa shape index (κ3) is 2.94. The van der Waals surface area contributed by atoms with Crippen molar-refractivity contribution in [1.82, 2.24) is 9.97 Å². The van der Waals surface area contributed by atoms with Crippen molar-refractivity contribution in [1.29, 1.82) is 5.26 Å². The predicted octanol–water partition coefficient (Wildman–Crippen LogP) is 2.70. The first-order valence-electron chi connectivity index (χ1n) is 5.98. The van der Waals surface area contributed by atoms with Crippen LogP contribution in [0, 0.1) is 16.7 Å². The third-order valence-electron chi connectivity index (χ3n) is 3.34. The van der Waals surface area contributed by atoms with E-state index in [1.165, 1.54) is 6.20 Å². The molecule has 90 valence electrons. The van der Waals surface area contributed by atoms with Crippen LogP contribution in [0.15, 0.2) is 12.4 Å². The topological polar surface area (TPSA) is 58.8 Å². The van der Waals surface area contributed by atoms with Gasteiger partial charge in [-0.05, 0) is 31.1 Å². The van der Waals surface area contributed by atoms with Gasteiger partial charge in [0.25, 0.3) is 5.88 Å².